The predicted molar refractivity (Wildman–Crippen MR) is 127 cm³/mol. The normalized spacial score (nSPS) is 17.7. The summed E-state index contributed by atoms with van der Waals surface area (Å²) in [4.78, 5) is 15.1. The van der Waals surface area contributed by atoms with Gasteiger partial charge in [-0.25, -0.2) is 8.42 Å². The molecule has 2 heterocycles. The molecule has 2 fully saturated rings. The third-order valence-electron chi connectivity index (χ3n) is 6.03. The van der Waals surface area contributed by atoms with Gasteiger partial charge in [-0.2, -0.15) is 4.31 Å². The second kappa shape index (κ2) is 10.6. The number of benzene rings is 2. The van der Waals surface area contributed by atoms with Crippen molar-refractivity contribution in [2.75, 3.05) is 62.8 Å². The largest absolute Gasteiger partial charge is 0.379 e. The molecule has 0 atom stereocenters. The fraction of sp³-hybridized carbons (Fsp3) is 0.458. The van der Waals surface area contributed by atoms with Gasteiger partial charge in [-0.05, 0) is 54.8 Å². The number of aryl methyl sites for hydroxylation is 2. The molecule has 9 heteroatoms. The molecule has 0 bridgehead atoms. The van der Waals surface area contributed by atoms with E-state index in [4.69, 9.17) is 9.47 Å². The minimum atomic E-state index is -3.50. The average Bonchev–Trinajstić information content (AvgIpc) is 2.85. The van der Waals surface area contributed by atoms with E-state index in [0.717, 1.165) is 48.8 Å². The Bertz CT molecular complexity index is 1060. The van der Waals surface area contributed by atoms with Gasteiger partial charge in [0, 0.05) is 44.0 Å². The first-order valence-corrected chi connectivity index (χ1v) is 12.8. The molecule has 2 aliphatic heterocycles. The number of ether oxygens (including phenoxy) is 2. The fourth-order valence-electron chi connectivity index (χ4n) is 4.04. The Balaban J connectivity index is 1.30. The number of sulfonamides is 1. The third kappa shape index (κ3) is 5.92. The first-order valence-electron chi connectivity index (χ1n) is 11.3. The minimum Gasteiger partial charge on any atom is -0.379 e. The van der Waals surface area contributed by atoms with Crippen LogP contribution in [0.3, 0.4) is 0 Å². The van der Waals surface area contributed by atoms with Crippen LogP contribution in [0.15, 0.2) is 47.4 Å². The number of carbonyl (C=O) groups excluding carboxylic acids is 1. The zero-order valence-electron chi connectivity index (χ0n) is 19.0. The molecule has 2 saturated heterocycles. The number of rotatable bonds is 7. The van der Waals surface area contributed by atoms with Crippen molar-refractivity contribution >= 4 is 27.3 Å². The van der Waals surface area contributed by atoms with Gasteiger partial charge < -0.3 is 19.7 Å². The highest BCUT2D eigenvalue weighted by Gasteiger charge is 2.26. The van der Waals surface area contributed by atoms with Crippen LogP contribution in [-0.2, 0) is 30.7 Å². The van der Waals surface area contributed by atoms with Gasteiger partial charge in [-0.15, -0.1) is 0 Å². The number of nitrogens with one attached hydrogen (secondary N) is 1. The van der Waals surface area contributed by atoms with Gasteiger partial charge >= 0.3 is 0 Å². The Hall–Kier alpha value is -2.46. The lowest BCUT2D eigenvalue weighted by atomic mass is 10.1. The van der Waals surface area contributed by atoms with Crippen LogP contribution in [0.4, 0.5) is 11.4 Å². The summed E-state index contributed by atoms with van der Waals surface area (Å²) in [6.45, 7) is 6.79. The van der Waals surface area contributed by atoms with E-state index in [2.05, 4.69) is 16.3 Å². The van der Waals surface area contributed by atoms with Crippen LogP contribution in [0.1, 0.15) is 17.5 Å². The van der Waals surface area contributed by atoms with Gasteiger partial charge in [0.2, 0.25) is 15.9 Å². The first-order chi connectivity index (χ1) is 15.9. The van der Waals surface area contributed by atoms with E-state index >= 15 is 0 Å². The Morgan fingerprint density at radius 1 is 0.939 bits per heavy atom. The van der Waals surface area contributed by atoms with Crippen LogP contribution in [0.5, 0.6) is 0 Å². The van der Waals surface area contributed by atoms with E-state index in [9.17, 15) is 13.2 Å². The molecule has 8 nitrogen and oxygen atoms in total. The van der Waals surface area contributed by atoms with Crippen molar-refractivity contribution in [3.63, 3.8) is 0 Å². The summed E-state index contributed by atoms with van der Waals surface area (Å²) >= 11 is 0. The van der Waals surface area contributed by atoms with E-state index in [-0.39, 0.29) is 10.8 Å². The lowest BCUT2D eigenvalue weighted by Crippen LogP contribution is -2.40. The van der Waals surface area contributed by atoms with Crippen molar-refractivity contribution in [1.29, 1.82) is 0 Å². The summed E-state index contributed by atoms with van der Waals surface area (Å²) in [5.74, 6) is -0.0674. The summed E-state index contributed by atoms with van der Waals surface area (Å²) in [7, 11) is -3.50. The molecule has 4 rings (SSSR count). The van der Waals surface area contributed by atoms with E-state index in [1.54, 1.807) is 24.3 Å². The van der Waals surface area contributed by atoms with Gasteiger partial charge in [-0.1, -0.05) is 12.1 Å². The molecule has 0 aromatic heterocycles. The highest BCUT2D eigenvalue weighted by Crippen LogP contribution is 2.24. The number of amides is 1. The number of hydrogen-bond acceptors (Lipinski definition) is 6. The van der Waals surface area contributed by atoms with Crippen molar-refractivity contribution in [2.45, 2.75) is 24.7 Å². The second-order valence-electron chi connectivity index (χ2n) is 8.31. The van der Waals surface area contributed by atoms with Gasteiger partial charge in [-0.3, -0.25) is 4.79 Å². The summed E-state index contributed by atoms with van der Waals surface area (Å²) in [6.07, 6.45) is 0.856. The van der Waals surface area contributed by atoms with Crippen molar-refractivity contribution in [1.82, 2.24) is 4.31 Å². The standard InChI is InChI=1S/C24H31N3O5S/c1-19-18-21(26-10-14-31-15-11-26)5-8-23(19)25-24(28)9-4-20-2-6-22(7-3-20)33(29,30)27-12-16-32-17-13-27/h2-3,5-8,18H,4,9-17H2,1H3,(H,25,28). The van der Waals surface area contributed by atoms with Gasteiger partial charge in [0.1, 0.15) is 0 Å². The van der Waals surface area contributed by atoms with Gasteiger partial charge in [0.25, 0.3) is 0 Å². The molecular formula is C24H31N3O5S. The Labute approximate surface area is 195 Å². The molecule has 0 aliphatic carbocycles. The molecule has 2 aromatic rings. The Morgan fingerprint density at radius 3 is 2.21 bits per heavy atom. The number of nitrogens with zero attached hydrogens (tertiary/aromatic N) is 2. The SMILES string of the molecule is Cc1cc(N2CCOCC2)ccc1NC(=O)CCc1ccc(S(=O)(=O)N2CCOCC2)cc1. The third-order valence-corrected chi connectivity index (χ3v) is 7.95. The molecule has 0 saturated carbocycles. The summed E-state index contributed by atoms with van der Waals surface area (Å²) in [6, 6.07) is 12.9. The highest BCUT2D eigenvalue weighted by molar-refractivity contribution is 7.89. The molecular weight excluding hydrogens is 442 g/mol. The van der Waals surface area contributed by atoms with Crippen LogP contribution >= 0.6 is 0 Å². The molecule has 0 radical (unpaired) electrons. The van der Waals surface area contributed by atoms with E-state index in [1.807, 2.05) is 19.1 Å². The van der Waals surface area contributed by atoms with E-state index in [1.165, 1.54) is 4.31 Å². The zero-order chi connectivity index (χ0) is 23.3. The van der Waals surface area contributed by atoms with Gasteiger partial charge in [0.05, 0.1) is 31.3 Å². The van der Waals surface area contributed by atoms with Crippen LogP contribution in [0, 0.1) is 6.92 Å². The zero-order valence-corrected chi connectivity index (χ0v) is 19.8. The van der Waals surface area contributed by atoms with E-state index in [0.29, 0.717) is 39.1 Å². The van der Waals surface area contributed by atoms with Crippen molar-refractivity contribution in [3.8, 4) is 0 Å². The molecule has 178 valence electrons. The maximum Gasteiger partial charge on any atom is 0.243 e. The molecule has 0 spiro atoms. The van der Waals surface area contributed by atoms with Crippen LogP contribution < -0.4 is 10.2 Å². The maximum absolute atomic E-state index is 12.7. The van der Waals surface area contributed by atoms with E-state index < -0.39 is 10.0 Å². The Morgan fingerprint density at radius 2 is 1.58 bits per heavy atom. The lowest BCUT2D eigenvalue weighted by Gasteiger charge is -2.29. The predicted octanol–water partition coefficient (Wildman–Crippen LogP) is 2.42. The summed E-state index contributed by atoms with van der Waals surface area (Å²) < 4.78 is 37.5. The number of hydrogen-bond donors (Lipinski definition) is 1. The number of anilines is 2. The quantitative estimate of drug-likeness (QED) is 0.665. The highest BCUT2D eigenvalue weighted by atomic mass is 32.2. The average molecular weight is 474 g/mol. The first kappa shape index (κ1) is 23.7. The van der Waals surface area contributed by atoms with Crippen LogP contribution in [0.25, 0.3) is 0 Å². The smallest absolute Gasteiger partial charge is 0.243 e. The summed E-state index contributed by atoms with van der Waals surface area (Å²) in [5.41, 5.74) is 3.89. The molecule has 2 aliphatic rings. The molecule has 2 aromatic carbocycles. The fourth-order valence-corrected chi connectivity index (χ4v) is 5.45. The van der Waals surface area contributed by atoms with Crippen molar-refractivity contribution < 1.29 is 22.7 Å². The molecule has 1 N–H and O–H groups in total. The van der Waals surface area contributed by atoms with Crippen LogP contribution in [0.2, 0.25) is 0 Å². The minimum absolute atomic E-state index is 0.0674. The number of morpholine rings is 2. The molecule has 0 unspecified atom stereocenters. The second-order valence-corrected chi connectivity index (χ2v) is 10.2. The maximum atomic E-state index is 12.7. The van der Waals surface area contributed by atoms with Crippen molar-refractivity contribution in [2.24, 2.45) is 0 Å². The van der Waals surface area contributed by atoms with Crippen molar-refractivity contribution in [3.05, 3.63) is 53.6 Å². The number of carbonyl (C=O) groups is 1. The Kier molecular flexibility index (Phi) is 7.64. The van der Waals surface area contributed by atoms with Gasteiger partial charge in [0.15, 0.2) is 0 Å². The lowest BCUT2D eigenvalue weighted by molar-refractivity contribution is -0.116. The molecule has 1 amide bonds. The molecule has 33 heavy (non-hydrogen) atoms. The topological polar surface area (TPSA) is 88.2 Å². The summed E-state index contributed by atoms with van der Waals surface area (Å²) in [5, 5.41) is 2.99. The monoisotopic (exact) mass is 473 g/mol. The van der Waals surface area contributed by atoms with Crippen LogP contribution in [-0.4, -0.2) is 71.2 Å².